The van der Waals surface area contributed by atoms with Crippen molar-refractivity contribution in [1.29, 1.82) is 0 Å². The van der Waals surface area contributed by atoms with Gasteiger partial charge in [-0.25, -0.2) is 14.4 Å². The zero-order chi connectivity index (χ0) is 8.10. The van der Waals surface area contributed by atoms with Gasteiger partial charge in [0, 0.05) is 12.3 Å². The van der Waals surface area contributed by atoms with Crippen molar-refractivity contribution in [3.63, 3.8) is 0 Å². The van der Waals surface area contributed by atoms with Gasteiger partial charge >= 0.3 is 0 Å². The summed E-state index contributed by atoms with van der Waals surface area (Å²) >= 11 is 0. The van der Waals surface area contributed by atoms with E-state index in [1.165, 1.54) is 18.6 Å². The third-order valence-electron chi connectivity index (χ3n) is 1.00. The first-order valence-electron chi connectivity index (χ1n) is 2.91. The normalized spacial score (nSPS) is 11.2. The van der Waals surface area contributed by atoms with Crippen molar-refractivity contribution in [2.24, 2.45) is 0 Å². The van der Waals surface area contributed by atoms with Crippen LogP contribution in [0, 0.1) is 0 Å². The number of allylic oxidation sites excluding steroid dienone is 1. The standard InChI is InChI=1S/C7H5FN2O/c8-6(4-11)3-7-1-2-9-5-10-7/h1-5H. The van der Waals surface area contributed by atoms with E-state index in [0.717, 1.165) is 6.08 Å². The maximum Gasteiger partial charge on any atom is 0.178 e. The van der Waals surface area contributed by atoms with Gasteiger partial charge in [0.15, 0.2) is 12.1 Å². The molecule has 1 heterocycles. The molecular formula is C7H5FN2O. The first-order chi connectivity index (χ1) is 5.33. The van der Waals surface area contributed by atoms with Gasteiger partial charge in [0.1, 0.15) is 6.33 Å². The lowest BCUT2D eigenvalue weighted by Gasteiger charge is -1.87. The Bertz CT molecular complexity index is 271. The van der Waals surface area contributed by atoms with Crippen molar-refractivity contribution < 1.29 is 9.18 Å². The van der Waals surface area contributed by atoms with Crippen molar-refractivity contribution in [3.8, 4) is 0 Å². The zero-order valence-electron chi connectivity index (χ0n) is 5.57. The Morgan fingerprint density at radius 1 is 1.64 bits per heavy atom. The molecule has 1 aromatic heterocycles. The van der Waals surface area contributed by atoms with E-state index in [2.05, 4.69) is 9.97 Å². The molecule has 0 bridgehead atoms. The molecule has 0 radical (unpaired) electrons. The Morgan fingerprint density at radius 3 is 3.00 bits per heavy atom. The van der Waals surface area contributed by atoms with Crippen molar-refractivity contribution >= 4 is 12.4 Å². The predicted octanol–water partition coefficient (Wildman–Crippen LogP) is 0.986. The highest BCUT2D eigenvalue weighted by molar-refractivity contribution is 5.77. The molecule has 0 amide bonds. The van der Waals surface area contributed by atoms with Crippen LogP contribution in [0.3, 0.4) is 0 Å². The number of carbonyl (C=O) groups is 1. The average Bonchev–Trinajstić information content (AvgIpc) is 2.06. The Balaban J connectivity index is 2.87. The van der Waals surface area contributed by atoms with Crippen LogP contribution < -0.4 is 0 Å². The molecular weight excluding hydrogens is 147 g/mol. The fourth-order valence-corrected chi connectivity index (χ4v) is 0.562. The minimum atomic E-state index is -0.844. The molecule has 0 aliphatic carbocycles. The molecule has 0 saturated carbocycles. The lowest BCUT2D eigenvalue weighted by molar-refractivity contribution is -0.106. The monoisotopic (exact) mass is 152 g/mol. The molecule has 0 fully saturated rings. The number of hydrogen-bond acceptors (Lipinski definition) is 3. The summed E-state index contributed by atoms with van der Waals surface area (Å²) in [5.41, 5.74) is 0.379. The van der Waals surface area contributed by atoms with Crippen molar-refractivity contribution in [2.75, 3.05) is 0 Å². The highest BCUT2D eigenvalue weighted by atomic mass is 19.1. The third kappa shape index (κ3) is 2.25. The summed E-state index contributed by atoms with van der Waals surface area (Å²) in [4.78, 5) is 17.1. The van der Waals surface area contributed by atoms with Gasteiger partial charge in [-0.3, -0.25) is 4.79 Å². The summed E-state index contributed by atoms with van der Waals surface area (Å²) in [6.45, 7) is 0. The lowest BCUT2D eigenvalue weighted by Crippen LogP contribution is -1.82. The fraction of sp³-hybridized carbons (Fsp3) is 0. The second-order valence-corrected chi connectivity index (χ2v) is 1.78. The molecule has 3 nitrogen and oxygen atoms in total. The quantitative estimate of drug-likeness (QED) is 0.468. The van der Waals surface area contributed by atoms with Crippen LogP contribution in [0.2, 0.25) is 0 Å². The van der Waals surface area contributed by atoms with Gasteiger partial charge in [-0.1, -0.05) is 0 Å². The Morgan fingerprint density at radius 2 is 2.45 bits per heavy atom. The molecule has 1 aromatic rings. The predicted molar refractivity (Wildman–Crippen MR) is 37.2 cm³/mol. The van der Waals surface area contributed by atoms with E-state index in [4.69, 9.17) is 0 Å². The second kappa shape index (κ2) is 3.55. The van der Waals surface area contributed by atoms with Crippen molar-refractivity contribution in [1.82, 2.24) is 9.97 Å². The number of aldehydes is 1. The molecule has 0 unspecified atom stereocenters. The summed E-state index contributed by atoms with van der Waals surface area (Å²) in [6.07, 6.45) is 3.91. The maximum atomic E-state index is 12.3. The summed E-state index contributed by atoms with van der Waals surface area (Å²) in [5.74, 6) is -0.844. The van der Waals surface area contributed by atoms with Crippen LogP contribution in [0.1, 0.15) is 5.69 Å². The van der Waals surface area contributed by atoms with Crippen LogP contribution in [0.4, 0.5) is 4.39 Å². The van der Waals surface area contributed by atoms with Crippen LogP contribution >= 0.6 is 0 Å². The SMILES string of the molecule is O=CC(F)=Cc1ccncn1. The van der Waals surface area contributed by atoms with Gasteiger partial charge in [-0.05, 0) is 6.07 Å². The fourth-order valence-electron chi connectivity index (χ4n) is 0.562. The summed E-state index contributed by atoms with van der Waals surface area (Å²) in [5, 5.41) is 0. The highest BCUT2D eigenvalue weighted by Crippen LogP contribution is 2.00. The number of nitrogens with zero attached hydrogens (tertiary/aromatic N) is 2. The molecule has 0 N–H and O–H groups in total. The van der Waals surface area contributed by atoms with Crippen LogP contribution in [-0.2, 0) is 4.79 Å². The molecule has 0 aliphatic heterocycles. The minimum absolute atomic E-state index is 0.127. The van der Waals surface area contributed by atoms with Crippen LogP contribution in [-0.4, -0.2) is 16.3 Å². The third-order valence-corrected chi connectivity index (χ3v) is 1.00. The van der Waals surface area contributed by atoms with E-state index in [9.17, 15) is 9.18 Å². The molecule has 11 heavy (non-hydrogen) atoms. The van der Waals surface area contributed by atoms with Crippen LogP contribution in [0.5, 0.6) is 0 Å². The first kappa shape index (κ1) is 7.53. The van der Waals surface area contributed by atoms with E-state index in [1.807, 2.05) is 0 Å². The van der Waals surface area contributed by atoms with E-state index in [0.29, 0.717) is 5.69 Å². The number of carbonyl (C=O) groups excluding carboxylic acids is 1. The minimum Gasteiger partial charge on any atom is -0.295 e. The molecule has 4 heteroatoms. The van der Waals surface area contributed by atoms with Crippen molar-refractivity contribution in [3.05, 3.63) is 30.1 Å². The molecule has 0 spiro atoms. The van der Waals surface area contributed by atoms with Gasteiger partial charge in [0.2, 0.25) is 0 Å². The number of aromatic nitrogens is 2. The number of halogens is 1. The van der Waals surface area contributed by atoms with Gasteiger partial charge in [0.05, 0.1) is 5.69 Å². The van der Waals surface area contributed by atoms with Gasteiger partial charge in [-0.15, -0.1) is 0 Å². The van der Waals surface area contributed by atoms with E-state index in [-0.39, 0.29) is 6.29 Å². The number of hydrogen-bond donors (Lipinski definition) is 0. The Labute approximate surface area is 62.6 Å². The Kier molecular flexibility index (Phi) is 2.43. The highest BCUT2D eigenvalue weighted by Gasteiger charge is 1.91. The molecule has 0 aliphatic rings. The average molecular weight is 152 g/mol. The van der Waals surface area contributed by atoms with Crippen LogP contribution in [0.15, 0.2) is 24.4 Å². The summed E-state index contributed by atoms with van der Waals surface area (Å²) in [7, 11) is 0. The van der Waals surface area contributed by atoms with Gasteiger partial charge in [-0.2, -0.15) is 0 Å². The topological polar surface area (TPSA) is 42.9 Å². The Hall–Kier alpha value is -1.58. The van der Waals surface area contributed by atoms with Crippen LogP contribution in [0.25, 0.3) is 6.08 Å². The smallest absolute Gasteiger partial charge is 0.178 e. The van der Waals surface area contributed by atoms with Gasteiger partial charge < -0.3 is 0 Å². The molecule has 0 saturated heterocycles. The molecule has 0 atom stereocenters. The maximum absolute atomic E-state index is 12.3. The number of rotatable bonds is 2. The van der Waals surface area contributed by atoms with Crippen molar-refractivity contribution in [2.45, 2.75) is 0 Å². The summed E-state index contributed by atoms with van der Waals surface area (Å²) in [6, 6.07) is 1.50. The van der Waals surface area contributed by atoms with E-state index in [1.54, 1.807) is 0 Å². The molecule has 1 rings (SSSR count). The summed E-state index contributed by atoms with van der Waals surface area (Å²) < 4.78 is 12.3. The molecule has 56 valence electrons. The lowest BCUT2D eigenvalue weighted by atomic mass is 10.3. The first-order valence-corrected chi connectivity index (χ1v) is 2.91. The second-order valence-electron chi connectivity index (χ2n) is 1.78. The largest absolute Gasteiger partial charge is 0.295 e. The zero-order valence-corrected chi connectivity index (χ0v) is 5.57. The van der Waals surface area contributed by atoms with Gasteiger partial charge in [0.25, 0.3) is 0 Å². The van der Waals surface area contributed by atoms with E-state index >= 15 is 0 Å². The molecule has 0 aromatic carbocycles. The van der Waals surface area contributed by atoms with E-state index < -0.39 is 5.83 Å².